The molecule has 3 rings (SSSR count). The topological polar surface area (TPSA) is 87.4 Å². The number of benzene rings is 2. The van der Waals surface area contributed by atoms with Gasteiger partial charge in [-0.1, -0.05) is 0 Å². The summed E-state index contributed by atoms with van der Waals surface area (Å²) in [6, 6.07) is 5.95. The second kappa shape index (κ2) is 6.29. The molecule has 0 radical (unpaired) electrons. The molecule has 0 saturated heterocycles. The Morgan fingerprint density at radius 2 is 1.75 bits per heavy atom. The van der Waals surface area contributed by atoms with Gasteiger partial charge in [0.05, 0.1) is 19.6 Å². The average Bonchev–Trinajstić information content (AvgIpc) is 2.60. The van der Waals surface area contributed by atoms with Crippen molar-refractivity contribution in [2.45, 2.75) is 0 Å². The molecular formula is C17H16O7. The van der Waals surface area contributed by atoms with Crippen LogP contribution in [0, 0.1) is 0 Å². The van der Waals surface area contributed by atoms with Crippen molar-refractivity contribution in [2.75, 3.05) is 28.1 Å². The van der Waals surface area contributed by atoms with Crippen molar-refractivity contribution in [3.63, 3.8) is 0 Å². The Kier molecular flexibility index (Phi) is 4.18. The van der Waals surface area contributed by atoms with Gasteiger partial charge in [-0.3, -0.25) is 4.79 Å². The third-order valence-electron chi connectivity index (χ3n) is 3.60. The third kappa shape index (κ3) is 2.48. The molecule has 0 aliphatic carbocycles. The quantitative estimate of drug-likeness (QED) is 0.567. The van der Waals surface area contributed by atoms with E-state index in [0.717, 1.165) is 0 Å². The molecular weight excluding hydrogens is 316 g/mol. The maximum absolute atomic E-state index is 12.8. The van der Waals surface area contributed by atoms with Crippen LogP contribution in [-0.4, -0.2) is 33.2 Å². The van der Waals surface area contributed by atoms with E-state index in [9.17, 15) is 9.90 Å². The first-order chi connectivity index (χ1) is 11.6. The number of phenolic OH excluding ortho intramolecular Hbond substituents is 1. The Labute approximate surface area is 136 Å². The molecule has 1 heterocycles. The minimum atomic E-state index is -0.396. The van der Waals surface area contributed by atoms with Crippen LogP contribution < -0.4 is 19.6 Å². The van der Waals surface area contributed by atoms with E-state index in [1.54, 1.807) is 6.07 Å². The Morgan fingerprint density at radius 1 is 1.04 bits per heavy atom. The van der Waals surface area contributed by atoms with Gasteiger partial charge in [-0.25, -0.2) is 0 Å². The van der Waals surface area contributed by atoms with Crippen LogP contribution in [0.25, 0.3) is 21.9 Å². The first-order valence-electron chi connectivity index (χ1n) is 7.07. The number of ether oxygens (including phenoxy) is 4. The number of phenols is 1. The van der Waals surface area contributed by atoms with Crippen LogP contribution in [0.3, 0.4) is 0 Å². The Hall–Kier alpha value is -2.93. The summed E-state index contributed by atoms with van der Waals surface area (Å²) >= 11 is 0. The van der Waals surface area contributed by atoms with E-state index in [4.69, 9.17) is 23.4 Å². The number of hydrogen-bond donors (Lipinski definition) is 1. The predicted octanol–water partition coefficient (Wildman–Crippen LogP) is 2.65. The Balaban J connectivity index is 2.39. The number of fused-ring (bicyclic) bond motifs is 2. The van der Waals surface area contributed by atoms with Crippen LogP contribution in [0.2, 0.25) is 0 Å². The molecule has 0 bridgehead atoms. The summed E-state index contributed by atoms with van der Waals surface area (Å²) in [5, 5.41) is 10.4. The van der Waals surface area contributed by atoms with Gasteiger partial charge in [0.1, 0.15) is 16.7 Å². The van der Waals surface area contributed by atoms with E-state index in [-0.39, 0.29) is 34.5 Å². The van der Waals surface area contributed by atoms with Crippen LogP contribution in [0.5, 0.6) is 23.0 Å². The number of methoxy groups -OCH3 is 3. The summed E-state index contributed by atoms with van der Waals surface area (Å²) in [4.78, 5) is 12.8. The third-order valence-corrected chi connectivity index (χ3v) is 3.60. The molecule has 7 heteroatoms. The summed E-state index contributed by atoms with van der Waals surface area (Å²) in [5.41, 5.74) is 0.0300. The average molecular weight is 332 g/mol. The highest BCUT2D eigenvalue weighted by Crippen LogP contribution is 2.36. The van der Waals surface area contributed by atoms with E-state index in [1.807, 2.05) is 0 Å². The van der Waals surface area contributed by atoms with Crippen molar-refractivity contribution in [1.82, 2.24) is 0 Å². The lowest BCUT2D eigenvalue weighted by molar-refractivity contribution is 0.0515. The van der Waals surface area contributed by atoms with Gasteiger partial charge in [0.2, 0.25) is 5.43 Å². The van der Waals surface area contributed by atoms with Crippen LogP contribution in [-0.2, 0) is 4.74 Å². The second-order valence-electron chi connectivity index (χ2n) is 4.97. The highest BCUT2D eigenvalue weighted by atomic mass is 16.7. The van der Waals surface area contributed by atoms with Gasteiger partial charge >= 0.3 is 0 Å². The first kappa shape index (κ1) is 15.9. The Bertz CT molecular complexity index is 959. The molecule has 2 aromatic carbocycles. The minimum absolute atomic E-state index is 0.0203. The first-order valence-corrected chi connectivity index (χ1v) is 7.07. The van der Waals surface area contributed by atoms with E-state index in [1.165, 1.54) is 39.5 Å². The molecule has 0 amide bonds. The van der Waals surface area contributed by atoms with Gasteiger partial charge in [0.15, 0.2) is 29.6 Å². The van der Waals surface area contributed by atoms with Crippen LogP contribution in [0.4, 0.5) is 0 Å². The van der Waals surface area contributed by atoms with Gasteiger partial charge in [0.25, 0.3) is 0 Å². The van der Waals surface area contributed by atoms with Crippen molar-refractivity contribution in [3.05, 3.63) is 34.5 Å². The van der Waals surface area contributed by atoms with E-state index < -0.39 is 5.43 Å². The molecule has 126 valence electrons. The molecule has 24 heavy (non-hydrogen) atoms. The number of aromatic hydroxyl groups is 1. The molecule has 0 unspecified atom stereocenters. The molecule has 1 aromatic heterocycles. The van der Waals surface area contributed by atoms with Crippen molar-refractivity contribution < 1.29 is 28.5 Å². The summed E-state index contributed by atoms with van der Waals surface area (Å²) in [7, 11) is 4.44. The summed E-state index contributed by atoms with van der Waals surface area (Å²) < 4.78 is 26.5. The highest BCUT2D eigenvalue weighted by Gasteiger charge is 2.18. The number of hydrogen-bond acceptors (Lipinski definition) is 7. The predicted molar refractivity (Wildman–Crippen MR) is 87.3 cm³/mol. The minimum Gasteiger partial charge on any atom is -0.507 e. The fourth-order valence-electron chi connectivity index (χ4n) is 2.48. The molecule has 0 spiro atoms. The molecule has 0 aliphatic rings. The van der Waals surface area contributed by atoms with Crippen molar-refractivity contribution in [1.29, 1.82) is 0 Å². The maximum atomic E-state index is 12.8. The van der Waals surface area contributed by atoms with Crippen LogP contribution >= 0.6 is 0 Å². The summed E-state index contributed by atoms with van der Waals surface area (Å²) in [6.45, 7) is -0.0203. The largest absolute Gasteiger partial charge is 0.507 e. The van der Waals surface area contributed by atoms with Gasteiger partial charge in [-0.2, -0.15) is 0 Å². The molecule has 0 saturated carbocycles. The van der Waals surface area contributed by atoms with Gasteiger partial charge in [0, 0.05) is 13.2 Å². The maximum Gasteiger partial charge on any atom is 0.204 e. The zero-order valence-electron chi connectivity index (χ0n) is 13.4. The SMILES string of the molecule is COCOc1ccc(O)c2c(=O)c3cc(OC)c(OC)cc3oc12. The molecule has 1 N–H and O–H groups in total. The van der Waals surface area contributed by atoms with Crippen molar-refractivity contribution in [3.8, 4) is 23.0 Å². The number of rotatable bonds is 5. The second-order valence-corrected chi connectivity index (χ2v) is 4.97. The lowest BCUT2D eigenvalue weighted by Gasteiger charge is -2.11. The van der Waals surface area contributed by atoms with Gasteiger partial charge in [-0.05, 0) is 18.2 Å². The van der Waals surface area contributed by atoms with Gasteiger partial charge < -0.3 is 28.5 Å². The zero-order chi connectivity index (χ0) is 17.3. The monoisotopic (exact) mass is 332 g/mol. The van der Waals surface area contributed by atoms with E-state index >= 15 is 0 Å². The normalized spacial score (nSPS) is 11.0. The fourth-order valence-corrected chi connectivity index (χ4v) is 2.48. The van der Waals surface area contributed by atoms with E-state index in [0.29, 0.717) is 17.2 Å². The molecule has 0 aliphatic heterocycles. The standard InChI is InChI=1S/C17H16O7/c1-20-8-23-11-5-4-10(18)15-16(19)9-6-13(21-2)14(22-3)7-12(9)24-17(11)15/h4-7,18H,8H2,1-3H3. The van der Waals surface area contributed by atoms with Gasteiger partial charge in [-0.15, -0.1) is 0 Å². The molecule has 7 nitrogen and oxygen atoms in total. The fraction of sp³-hybridized carbons (Fsp3) is 0.235. The van der Waals surface area contributed by atoms with Crippen LogP contribution in [0.15, 0.2) is 33.5 Å². The Morgan fingerprint density at radius 3 is 2.42 bits per heavy atom. The highest BCUT2D eigenvalue weighted by molar-refractivity contribution is 5.96. The van der Waals surface area contributed by atoms with Crippen molar-refractivity contribution in [2.24, 2.45) is 0 Å². The molecule has 0 atom stereocenters. The summed E-state index contributed by atoms with van der Waals surface area (Å²) in [5.74, 6) is 0.911. The molecule has 0 fully saturated rings. The smallest absolute Gasteiger partial charge is 0.204 e. The zero-order valence-corrected chi connectivity index (χ0v) is 13.4. The summed E-state index contributed by atoms with van der Waals surface area (Å²) in [6.07, 6.45) is 0. The van der Waals surface area contributed by atoms with Crippen LogP contribution in [0.1, 0.15) is 0 Å². The lowest BCUT2D eigenvalue weighted by Crippen LogP contribution is -2.06. The van der Waals surface area contributed by atoms with E-state index in [2.05, 4.69) is 0 Å². The lowest BCUT2D eigenvalue weighted by atomic mass is 10.1. The molecule has 3 aromatic rings. The van der Waals surface area contributed by atoms with Crippen molar-refractivity contribution >= 4 is 21.9 Å².